The van der Waals surface area contributed by atoms with E-state index in [-0.39, 0.29) is 5.43 Å². The van der Waals surface area contributed by atoms with Gasteiger partial charge < -0.3 is 9.32 Å². The van der Waals surface area contributed by atoms with Crippen molar-refractivity contribution < 1.29 is 4.42 Å². The van der Waals surface area contributed by atoms with Gasteiger partial charge in [0.15, 0.2) is 5.76 Å². The number of fused-ring (bicyclic) bond motifs is 1. The molecular weight excluding hydrogens is 322 g/mol. The van der Waals surface area contributed by atoms with Gasteiger partial charge in [0.1, 0.15) is 11.3 Å². The molecule has 3 nitrogen and oxygen atoms in total. The second-order valence-electron chi connectivity index (χ2n) is 6.16. The summed E-state index contributed by atoms with van der Waals surface area (Å²) in [4.78, 5) is 15.4. The van der Waals surface area contributed by atoms with Crippen molar-refractivity contribution in [3.63, 3.8) is 0 Å². The Morgan fingerprint density at radius 1 is 0.958 bits per heavy atom. The Balaban J connectivity index is 2.01. The molecule has 1 aliphatic heterocycles. The molecule has 1 saturated heterocycles. The van der Waals surface area contributed by atoms with Gasteiger partial charge in [-0.15, -0.1) is 0 Å². The summed E-state index contributed by atoms with van der Waals surface area (Å²) in [5.41, 5.74) is 2.16. The molecule has 0 N–H and O–H groups in total. The molecule has 0 unspecified atom stereocenters. The van der Waals surface area contributed by atoms with Crippen molar-refractivity contribution >= 4 is 28.3 Å². The third-order valence-electron chi connectivity index (χ3n) is 4.54. The Labute approximate surface area is 145 Å². The lowest BCUT2D eigenvalue weighted by atomic mass is 10.0. The first-order chi connectivity index (χ1) is 11.7. The van der Waals surface area contributed by atoms with Gasteiger partial charge in [-0.2, -0.15) is 0 Å². The maximum Gasteiger partial charge on any atom is 0.216 e. The van der Waals surface area contributed by atoms with E-state index in [1.807, 2.05) is 30.3 Å². The zero-order valence-electron chi connectivity index (χ0n) is 13.3. The Morgan fingerprint density at radius 2 is 1.71 bits per heavy atom. The molecular formula is C20H18ClNO2. The van der Waals surface area contributed by atoms with Gasteiger partial charge in [0.25, 0.3) is 0 Å². The van der Waals surface area contributed by atoms with Crippen LogP contribution >= 0.6 is 11.6 Å². The minimum absolute atomic E-state index is 0.000460. The van der Waals surface area contributed by atoms with Gasteiger partial charge in [0.05, 0.1) is 5.39 Å². The van der Waals surface area contributed by atoms with E-state index >= 15 is 0 Å². The first kappa shape index (κ1) is 15.3. The fourth-order valence-electron chi connectivity index (χ4n) is 3.35. The van der Waals surface area contributed by atoms with Crippen LogP contribution in [0.3, 0.4) is 0 Å². The lowest BCUT2D eigenvalue weighted by molar-refractivity contribution is 0.563. The van der Waals surface area contributed by atoms with Crippen LogP contribution in [0, 0.1) is 0 Å². The molecule has 2 heterocycles. The van der Waals surface area contributed by atoms with Crippen LogP contribution in [-0.4, -0.2) is 13.1 Å². The molecule has 0 radical (unpaired) electrons. The largest absolute Gasteiger partial charge is 0.454 e. The predicted octanol–water partition coefficient (Wildman–Crippen LogP) is 5.10. The first-order valence-corrected chi connectivity index (χ1v) is 8.68. The molecule has 4 heteroatoms. The normalized spacial score (nSPS) is 15.0. The summed E-state index contributed by atoms with van der Waals surface area (Å²) in [6.45, 7) is 1.77. The van der Waals surface area contributed by atoms with Crippen LogP contribution in [0.4, 0.5) is 5.69 Å². The summed E-state index contributed by atoms with van der Waals surface area (Å²) < 4.78 is 6.17. The van der Waals surface area contributed by atoms with E-state index in [0.29, 0.717) is 27.4 Å². The summed E-state index contributed by atoms with van der Waals surface area (Å²) in [6.07, 6.45) is 3.41. The maximum absolute atomic E-state index is 13.2. The number of halogens is 1. The average molecular weight is 340 g/mol. The minimum Gasteiger partial charge on any atom is -0.454 e. The van der Waals surface area contributed by atoms with Crippen molar-refractivity contribution in [2.45, 2.75) is 19.3 Å². The highest BCUT2D eigenvalue weighted by atomic mass is 35.5. The van der Waals surface area contributed by atoms with Gasteiger partial charge in [-0.05, 0) is 37.5 Å². The van der Waals surface area contributed by atoms with E-state index in [0.717, 1.165) is 31.5 Å². The van der Waals surface area contributed by atoms with Gasteiger partial charge in [0, 0.05) is 23.7 Å². The van der Waals surface area contributed by atoms with Crippen molar-refractivity contribution in [2.24, 2.45) is 0 Å². The summed E-state index contributed by atoms with van der Waals surface area (Å²) in [7, 11) is 0. The summed E-state index contributed by atoms with van der Waals surface area (Å²) >= 11 is 6.09. The van der Waals surface area contributed by atoms with Crippen LogP contribution in [0.1, 0.15) is 19.3 Å². The van der Waals surface area contributed by atoms with Crippen LogP contribution in [-0.2, 0) is 0 Å². The van der Waals surface area contributed by atoms with E-state index in [1.54, 1.807) is 18.2 Å². The SMILES string of the molecule is O=c1c(N2CCCCC2)c(-c2ccccc2)oc2ccc(Cl)cc12. The monoisotopic (exact) mass is 339 g/mol. The van der Waals surface area contributed by atoms with E-state index < -0.39 is 0 Å². The Kier molecular flexibility index (Phi) is 4.03. The molecule has 0 saturated carbocycles. The molecule has 0 aliphatic carbocycles. The molecule has 1 aliphatic rings. The highest BCUT2D eigenvalue weighted by Gasteiger charge is 2.23. The predicted molar refractivity (Wildman–Crippen MR) is 99.0 cm³/mol. The highest BCUT2D eigenvalue weighted by Crippen LogP contribution is 2.33. The Morgan fingerprint density at radius 3 is 2.46 bits per heavy atom. The van der Waals surface area contributed by atoms with Crippen molar-refractivity contribution in [3.05, 3.63) is 63.8 Å². The number of hydrogen-bond donors (Lipinski definition) is 0. The smallest absolute Gasteiger partial charge is 0.216 e. The minimum atomic E-state index is -0.000460. The maximum atomic E-state index is 13.2. The van der Waals surface area contributed by atoms with E-state index in [9.17, 15) is 4.79 Å². The quantitative estimate of drug-likeness (QED) is 0.651. The number of nitrogens with zero attached hydrogens (tertiary/aromatic N) is 1. The van der Waals surface area contributed by atoms with Gasteiger partial charge in [-0.25, -0.2) is 0 Å². The van der Waals surface area contributed by atoms with Crippen LogP contribution in [0.15, 0.2) is 57.7 Å². The number of benzene rings is 2. The van der Waals surface area contributed by atoms with Gasteiger partial charge in [-0.1, -0.05) is 41.9 Å². The number of hydrogen-bond acceptors (Lipinski definition) is 3. The van der Waals surface area contributed by atoms with Gasteiger partial charge in [0.2, 0.25) is 5.43 Å². The van der Waals surface area contributed by atoms with Crippen LogP contribution in [0.2, 0.25) is 5.02 Å². The second-order valence-corrected chi connectivity index (χ2v) is 6.60. The van der Waals surface area contributed by atoms with E-state index in [2.05, 4.69) is 4.90 Å². The van der Waals surface area contributed by atoms with Crippen LogP contribution in [0.25, 0.3) is 22.3 Å². The average Bonchev–Trinajstić information content (AvgIpc) is 2.63. The lowest BCUT2D eigenvalue weighted by Crippen LogP contribution is -2.33. The van der Waals surface area contributed by atoms with E-state index in [4.69, 9.17) is 16.0 Å². The van der Waals surface area contributed by atoms with Crippen molar-refractivity contribution in [1.82, 2.24) is 0 Å². The summed E-state index contributed by atoms with van der Waals surface area (Å²) in [6, 6.07) is 15.1. The fourth-order valence-corrected chi connectivity index (χ4v) is 3.52. The molecule has 0 atom stereocenters. The topological polar surface area (TPSA) is 33.5 Å². The molecule has 3 aromatic rings. The molecule has 2 aromatic carbocycles. The number of rotatable bonds is 2. The van der Waals surface area contributed by atoms with E-state index in [1.165, 1.54) is 6.42 Å². The van der Waals surface area contributed by atoms with Crippen molar-refractivity contribution in [3.8, 4) is 11.3 Å². The molecule has 0 bridgehead atoms. The summed E-state index contributed by atoms with van der Waals surface area (Å²) in [5.74, 6) is 0.650. The standard InChI is InChI=1S/C20H18ClNO2/c21-15-9-10-17-16(13-15)19(23)18(22-11-5-2-6-12-22)20(24-17)14-7-3-1-4-8-14/h1,3-4,7-10,13H,2,5-6,11-12H2. The second kappa shape index (κ2) is 6.33. The molecule has 1 fully saturated rings. The van der Waals surface area contributed by atoms with Crippen LogP contribution < -0.4 is 10.3 Å². The molecule has 4 rings (SSSR count). The number of anilines is 1. The molecule has 0 amide bonds. The molecule has 24 heavy (non-hydrogen) atoms. The third kappa shape index (κ3) is 2.69. The fraction of sp³-hybridized carbons (Fsp3) is 0.250. The zero-order valence-corrected chi connectivity index (χ0v) is 14.1. The third-order valence-corrected chi connectivity index (χ3v) is 4.77. The highest BCUT2D eigenvalue weighted by molar-refractivity contribution is 6.31. The molecule has 122 valence electrons. The van der Waals surface area contributed by atoms with Gasteiger partial charge >= 0.3 is 0 Å². The van der Waals surface area contributed by atoms with Crippen LogP contribution in [0.5, 0.6) is 0 Å². The van der Waals surface area contributed by atoms with Crippen molar-refractivity contribution in [2.75, 3.05) is 18.0 Å². The van der Waals surface area contributed by atoms with Crippen molar-refractivity contribution in [1.29, 1.82) is 0 Å². The molecule has 1 aromatic heterocycles. The Hall–Kier alpha value is -2.26. The molecule has 0 spiro atoms. The van der Waals surface area contributed by atoms with Gasteiger partial charge in [-0.3, -0.25) is 4.79 Å². The summed E-state index contributed by atoms with van der Waals surface area (Å²) in [5, 5.41) is 1.09. The first-order valence-electron chi connectivity index (χ1n) is 8.31. The lowest BCUT2D eigenvalue weighted by Gasteiger charge is -2.29. The zero-order chi connectivity index (χ0) is 16.5. The Bertz CT molecular complexity index is 928. The number of piperidine rings is 1.